The number of carboxylic acids is 1. The van der Waals surface area contributed by atoms with Crippen LogP contribution >= 0.6 is 11.6 Å². The molecular weight excluding hydrogens is 412 g/mol. The molecule has 8 heteroatoms. The van der Waals surface area contributed by atoms with Crippen molar-refractivity contribution in [1.29, 1.82) is 0 Å². The number of benzene rings is 2. The Morgan fingerprint density at radius 3 is 2.62 bits per heavy atom. The van der Waals surface area contributed by atoms with Gasteiger partial charge in [-0.3, -0.25) is 4.79 Å². The molecule has 0 amide bonds. The lowest BCUT2D eigenvalue weighted by atomic mass is 10.0. The first kappa shape index (κ1) is 19.9. The molecule has 0 bridgehead atoms. The van der Waals surface area contributed by atoms with Gasteiger partial charge in [-0.2, -0.15) is 0 Å². The van der Waals surface area contributed by atoms with Gasteiger partial charge in [-0.15, -0.1) is 0 Å². The minimum atomic E-state index is -3.78. The standard InChI is InChI=1S/C21H21ClN2O4S/c22-17-10-9-13(11-19(17)29(27,28)24-14-5-1-2-6-14)21-16(12-20(25)26)15-7-3-4-8-18(15)23-21/h3-4,7-11,14,23-24H,1-2,5-6,12H2,(H,25,26). The first-order valence-corrected chi connectivity index (χ1v) is 11.3. The number of carbonyl (C=O) groups is 1. The Morgan fingerprint density at radius 2 is 1.90 bits per heavy atom. The number of aromatic amines is 1. The third-order valence-electron chi connectivity index (χ3n) is 5.33. The molecule has 3 aromatic rings. The molecule has 0 aliphatic heterocycles. The molecule has 0 radical (unpaired) electrons. The summed E-state index contributed by atoms with van der Waals surface area (Å²) in [5.74, 6) is -0.958. The van der Waals surface area contributed by atoms with Crippen LogP contribution in [0.4, 0.5) is 0 Å². The van der Waals surface area contributed by atoms with Crippen LogP contribution in [0, 0.1) is 0 Å². The molecule has 4 rings (SSSR count). The number of nitrogens with one attached hydrogen (secondary N) is 2. The third-order valence-corrected chi connectivity index (χ3v) is 7.33. The van der Waals surface area contributed by atoms with Gasteiger partial charge in [0.05, 0.1) is 17.1 Å². The monoisotopic (exact) mass is 432 g/mol. The highest BCUT2D eigenvalue weighted by Gasteiger charge is 2.26. The molecule has 0 atom stereocenters. The first-order chi connectivity index (χ1) is 13.8. The average Bonchev–Trinajstić information content (AvgIpc) is 3.29. The zero-order chi connectivity index (χ0) is 20.6. The van der Waals surface area contributed by atoms with Crippen molar-refractivity contribution in [2.45, 2.75) is 43.0 Å². The predicted octanol–water partition coefficient (Wildman–Crippen LogP) is 4.34. The van der Waals surface area contributed by atoms with Crippen molar-refractivity contribution in [2.75, 3.05) is 0 Å². The van der Waals surface area contributed by atoms with Gasteiger partial charge >= 0.3 is 5.97 Å². The molecule has 0 saturated heterocycles. The van der Waals surface area contributed by atoms with Gasteiger partial charge in [0.2, 0.25) is 10.0 Å². The van der Waals surface area contributed by atoms with Crippen LogP contribution in [0.15, 0.2) is 47.4 Å². The summed E-state index contributed by atoms with van der Waals surface area (Å²) in [6.45, 7) is 0. The number of aliphatic carboxylic acids is 1. The number of rotatable bonds is 6. The maximum Gasteiger partial charge on any atom is 0.307 e. The molecule has 1 heterocycles. The molecule has 1 aliphatic rings. The van der Waals surface area contributed by atoms with E-state index < -0.39 is 16.0 Å². The molecule has 29 heavy (non-hydrogen) atoms. The molecule has 1 saturated carbocycles. The lowest BCUT2D eigenvalue weighted by molar-refractivity contribution is -0.136. The molecule has 1 aromatic heterocycles. The molecular formula is C21H21ClN2O4S. The van der Waals surface area contributed by atoms with E-state index in [2.05, 4.69) is 9.71 Å². The fourth-order valence-corrected chi connectivity index (χ4v) is 5.80. The number of carboxylic acid groups (broad SMARTS) is 1. The van der Waals surface area contributed by atoms with E-state index in [1.807, 2.05) is 24.3 Å². The number of hydrogen-bond acceptors (Lipinski definition) is 3. The average molecular weight is 433 g/mol. The van der Waals surface area contributed by atoms with Crippen LogP contribution in [0.3, 0.4) is 0 Å². The number of fused-ring (bicyclic) bond motifs is 1. The number of sulfonamides is 1. The second kappa shape index (κ2) is 7.82. The maximum absolute atomic E-state index is 12.9. The fourth-order valence-electron chi connectivity index (χ4n) is 3.97. The summed E-state index contributed by atoms with van der Waals surface area (Å²) in [4.78, 5) is 14.7. The SMILES string of the molecule is O=C(O)Cc1c(-c2ccc(Cl)c(S(=O)(=O)NC3CCCC3)c2)[nH]c2ccccc12. The van der Waals surface area contributed by atoms with Crippen LogP contribution in [-0.2, 0) is 21.2 Å². The van der Waals surface area contributed by atoms with Gasteiger partial charge in [0.1, 0.15) is 4.90 Å². The Balaban J connectivity index is 1.81. The van der Waals surface area contributed by atoms with Gasteiger partial charge in [-0.25, -0.2) is 13.1 Å². The van der Waals surface area contributed by atoms with E-state index in [1.165, 1.54) is 12.1 Å². The van der Waals surface area contributed by atoms with Crippen molar-refractivity contribution >= 4 is 38.5 Å². The summed E-state index contributed by atoms with van der Waals surface area (Å²) in [7, 11) is -3.78. The van der Waals surface area contributed by atoms with Crippen molar-refractivity contribution < 1.29 is 18.3 Å². The van der Waals surface area contributed by atoms with Crippen LogP contribution in [0.25, 0.3) is 22.2 Å². The van der Waals surface area contributed by atoms with E-state index in [0.717, 1.165) is 36.6 Å². The molecule has 1 aliphatic carbocycles. The largest absolute Gasteiger partial charge is 0.481 e. The van der Waals surface area contributed by atoms with Crippen molar-refractivity contribution in [3.05, 3.63) is 53.1 Å². The smallest absolute Gasteiger partial charge is 0.307 e. The van der Waals surface area contributed by atoms with E-state index in [0.29, 0.717) is 16.8 Å². The van der Waals surface area contributed by atoms with Crippen molar-refractivity contribution in [2.24, 2.45) is 0 Å². The number of para-hydroxylation sites is 1. The highest BCUT2D eigenvalue weighted by molar-refractivity contribution is 7.89. The fraction of sp³-hybridized carbons (Fsp3) is 0.286. The Kier molecular flexibility index (Phi) is 5.38. The van der Waals surface area contributed by atoms with Gasteiger partial charge in [0, 0.05) is 16.9 Å². The normalized spacial score (nSPS) is 15.2. The van der Waals surface area contributed by atoms with Crippen molar-refractivity contribution in [3.63, 3.8) is 0 Å². The van der Waals surface area contributed by atoms with E-state index in [9.17, 15) is 18.3 Å². The zero-order valence-electron chi connectivity index (χ0n) is 15.6. The summed E-state index contributed by atoms with van der Waals surface area (Å²) in [5, 5.41) is 10.3. The van der Waals surface area contributed by atoms with Crippen molar-refractivity contribution in [1.82, 2.24) is 9.71 Å². The summed E-state index contributed by atoms with van der Waals surface area (Å²) in [6.07, 6.45) is 3.48. The van der Waals surface area contributed by atoms with Gasteiger partial charge in [-0.05, 0) is 42.2 Å². The lowest BCUT2D eigenvalue weighted by Gasteiger charge is -2.14. The van der Waals surface area contributed by atoms with Crippen LogP contribution in [0.5, 0.6) is 0 Å². The van der Waals surface area contributed by atoms with E-state index >= 15 is 0 Å². The number of hydrogen-bond donors (Lipinski definition) is 3. The van der Waals surface area contributed by atoms with Gasteiger partial charge in [0.15, 0.2) is 0 Å². The molecule has 152 valence electrons. The second-order valence-corrected chi connectivity index (χ2v) is 9.43. The predicted molar refractivity (Wildman–Crippen MR) is 113 cm³/mol. The molecule has 2 aromatic carbocycles. The van der Waals surface area contributed by atoms with E-state index in [-0.39, 0.29) is 22.4 Å². The summed E-state index contributed by atoms with van der Waals surface area (Å²) in [5.41, 5.74) is 2.57. The van der Waals surface area contributed by atoms with E-state index in [4.69, 9.17) is 11.6 Å². The highest BCUT2D eigenvalue weighted by Crippen LogP contribution is 2.34. The minimum Gasteiger partial charge on any atom is -0.481 e. The van der Waals surface area contributed by atoms with Crippen molar-refractivity contribution in [3.8, 4) is 11.3 Å². The Morgan fingerprint density at radius 1 is 1.17 bits per heavy atom. The molecule has 0 unspecified atom stereocenters. The highest BCUT2D eigenvalue weighted by atomic mass is 35.5. The maximum atomic E-state index is 12.9. The van der Waals surface area contributed by atoms with Gasteiger partial charge < -0.3 is 10.1 Å². The molecule has 3 N–H and O–H groups in total. The summed E-state index contributed by atoms with van der Waals surface area (Å²) in [6, 6.07) is 12.1. The lowest BCUT2D eigenvalue weighted by Crippen LogP contribution is -2.32. The zero-order valence-corrected chi connectivity index (χ0v) is 17.2. The van der Waals surface area contributed by atoms with Gasteiger partial charge in [-0.1, -0.05) is 48.7 Å². The molecule has 0 spiro atoms. The van der Waals surface area contributed by atoms with Crippen LogP contribution in [0.2, 0.25) is 5.02 Å². The Labute approximate surface area is 173 Å². The number of halogens is 1. The summed E-state index contributed by atoms with van der Waals surface area (Å²) >= 11 is 6.23. The Bertz CT molecular complexity index is 1180. The number of H-pyrrole nitrogens is 1. The topological polar surface area (TPSA) is 99.3 Å². The van der Waals surface area contributed by atoms with E-state index in [1.54, 1.807) is 6.07 Å². The van der Waals surface area contributed by atoms with Crippen LogP contribution < -0.4 is 4.72 Å². The Hall–Kier alpha value is -2.35. The third kappa shape index (κ3) is 4.03. The van der Waals surface area contributed by atoms with Crippen LogP contribution in [0.1, 0.15) is 31.2 Å². The first-order valence-electron chi connectivity index (χ1n) is 9.49. The molecule has 1 fully saturated rings. The molecule has 6 nitrogen and oxygen atoms in total. The quantitative estimate of drug-likeness (QED) is 0.539. The number of aromatic nitrogens is 1. The summed E-state index contributed by atoms with van der Waals surface area (Å²) < 4.78 is 28.6. The minimum absolute atomic E-state index is 0.00324. The van der Waals surface area contributed by atoms with Gasteiger partial charge in [0.25, 0.3) is 0 Å². The second-order valence-electron chi connectivity index (χ2n) is 7.34. The van der Waals surface area contributed by atoms with Crippen LogP contribution in [-0.4, -0.2) is 30.5 Å².